The molecule has 1 heterocycles. The summed E-state index contributed by atoms with van der Waals surface area (Å²) in [5, 5.41) is 0. The normalized spacial score (nSPS) is 20.1. The summed E-state index contributed by atoms with van der Waals surface area (Å²) in [7, 11) is 0. The molecule has 0 aromatic heterocycles. The van der Waals surface area contributed by atoms with E-state index in [0.29, 0.717) is 5.88 Å². The minimum absolute atomic E-state index is 0.0932. The average Bonchev–Trinajstić information content (AvgIpc) is 2.77. The van der Waals surface area contributed by atoms with Gasteiger partial charge in [-0.1, -0.05) is 15.9 Å². The first kappa shape index (κ1) is 11.9. The quantitative estimate of drug-likeness (QED) is 0.768. The molecule has 1 aliphatic rings. The molecular formula is C12H13BrClNO. The lowest BCUT2D eigenvalue weighted by Crippen LogP contribution is -2.36. The van der Waals surface area contributed by atoms with Gasteiger partial charge in [0.2, 0.25) is 0 Å². The van der Waals surface area contributed by atoms with Crippen molar-refractivity contribution in [2.45, 2.75) is 18.9 Å². The third-order valence-corrected chi connectivity index (χ3v) is 3.79. The number of hydrogen-bond donors (Lipinski definition) is 0. The zero-order valence-corrected chi connectivity index (χ0v) is 11.2. The van der Waals surface area contributed by atoms with Crippen LogP contribution in [0.5, 0.6) is 0 Å². The summed E-state index contributed by atoms with van der Waals surface area (Å²) in [6, 6.07) is 7.67. The van der Waals surface area contributed by atoms with E-state index in [1.165, 1.54) is 0 Å². The molecule has 1 aromatic carbocycles. The molecule has 0 aliphatic carbocycles. The van der Waals surface area contributed by atoms with E-state index in [-0.39, 0.29) is 11.9 Å². The van der Waals surface area contributed by atoms with Gasteiger partial charge in [0.1, 0.15) is 0 Å². The van der Waals surface area contributed by atoms with Crippen molar-refractivity contribution < 1.29 is 4.79 Å². The van der Waals surface area contributed by atoms with Gasteiger partial charge in [-0.25, -0.2) is 0 Å². The van der Waals surface area contributed by atoms with Gasteiger partial charge >= 0.3 is 0 Å². The lowest BCUT2D eigenvalue weighted by atomic mass is 10.2. The molecule has 1 atom stereocenters. The van der Waals surface area contributed by atoms with Crippen LogP contribution in [0.4, 0.5) is 0 Å². The summed E-state index contributed by atoms with van der Waals surface area (Å²) in [4.78, 5) is 14.1. The zero-order valence-electron chi connectivity index (χ0n) is 8.83. The highest BCUT2D eigenvalue weighted by Gasteiger charge is 2.28. The number of carbonyl (C=O) groups excluding carboxylic acids is 1. The number of alkyl halides is 1. The van der Waals surface area contributed by atoms with Gasteiger partial charge in [0.15, 0.2) is 0 Å². The van der Waals surface area contributed by atoms with Crippen molar-refractivity contribution in [3.8, 4) is 0 Å². The van der Waals surface area contributed by atoms with Crippen LogP contribution in [-0.4, -0.2) is 29.3 Å². The molecule has 1 aromatic rings. The molecule has 0 unspecified atom stereocenters. The molecule has 1 amide bonds. The SMILES string of the molecule is O=C(c1ccc(Br)cc1)N1CCC[C@H]1CCl. The van der Waals surface area contributed by atoms with Gasteiger partial charge in [-0.2, -0.15) is 0 Å². The van der Waals surface area contributed by atoms with Gasteiger partial charge in [-0.05, 0) is 37.1 Å². The maximum atomic E-state index is 12.2. The van der Waals surface area contributed by atoms with Gasteiger partial charge in [-0.15, -0.1) is 11.6 Å². The highest BCUT2D eigenvalue weighted by atomic mass is 79.9. The highest BCUT2D eigenvalue weighted by Crippen LogP contribution is 2.21. The Balaban J connectivity index is 2.15. The summed E-state index contributed by atoms with van der Waals surface area (Å²) in [6.45, 7) is 0.826. The van der Waals surface area contributed by atoms with Gasteiger partial charge in [0.05, 0.1) is 0 Å². The Hall–Kier alpha value is -0.540. The summed E-state index contributed by atoms with van der Waals surface area (Å²) in [5.74, 6) is 0.623. The fourth-order valence-electron chi connectivity index (χ4n) is 2.02. The lowest BCUT2D eigenvalue weighted by Gasteiger charge is -2.22. The number of halogens is 2. The molecule has 2 nitrogen and oxygen atoms in total. The van der Waals surface area contributed by atoms with Crippen LogP contribution in [0.15, 0.2) is 28.7 Å². The maximum absolute atomic E-state index is 12.2. The van der Waals surface area contributed by atoms with E-state index < -0.39 is 0 Å². The van der Waals surface area contributed by atoms with Crippen molar-refractivity contribution in [1.29, 1.82) is 0 Å². The second-order valence-electron chi connectivity index (χ2n) is 3.96. The van der Waals surface area contributed by atoms with Crippen LogP contribution in [0.3, 0.4) is 0 Å². The molecule has 0 spiro atoms. The first-order valence-corrected chi connectivity index (χ1v) is 6.67. The summed E-state index contributed by atoms with van der Waals surface area (Å²) in [5.41, 5.74) is 0.736. The minimum atomic E-state index is 0.0932. The predicted molar refractivity (Wildman–Crippen MR) is 68.9 cm³/mol. The van der Waals surface area contributed by atoms with Crippen molar-refractivity contribution in [1.82, 2.24) is 4.90 Å². The molecule has 16 heavy (non-hydrogen) atoms. The molecule has 1 aliphatic heterocycles. The summed E-state index contributed by atoms with van der Waals surface area (Å²) < 4.78 is 0.986. The largest absolute Gasteiger partial charge is 0.334 e. The van der Waals surface area contributed by atoms with Crippen LogP contribution in [-0.2, 0) is 0 Å². The van der Waals surface area contributed by atoms with Crippen LogP contribution < -0.4 is 0 Å². The smallest absolute Gasteiger partial charge is 0.254 e. The fourth-order valence-corrected chi connectivity index (χ4v) is 2.61. The predicted octanol–water partition coefficient (Wildman–Crippen LogP) is 3.29. The highest BCUT2D eigenvalue weighted by molar-refractivity contribution is 9.10. The minimum Gasteiger partial charge on any atom is -0.334 e. The number of nitrogens with zero attached hydrogens (tertiary/aromatic N) is 1. The van der Waals surface area contributed by atoms with Crippen molar-refractivity contribution in [2.24, 2.45) is 0 Å². The van der Waals surface area contributed by atoms with Crippen LogP contribution in [0.2, 0.25) is 0 Å². The molecule has 1 saturated heterocycles. The first-order valence-electron chi connectivity index (χ1n) is 5.35. The second-order valence-corrected chi connectivity index (χ2v) is 5.18. The Morgan fingerprint density at radius 3 is 2.75 bits per heavy atom. The molecule has 0 radical (unpaired) electrons. The average molecular weight is 303 g/mol. The lowest BCUT2D eigenvalue weighted by molar-refractivity contribution is 0.0749. The van der Waals surface area contributed by atoms with Crippen molar-refractivity contribution in [2.75, 3.05) is 12.4 Å². The van der Waals surface area contributed by atoms with Gasteiger partial charge < -0.3 is 4.90 Å². The van der Waals surface area contributed by atoms with Crippen molar-refractivity contribution in [3.63, 3.8) is 0 Å². The van der Waals surface area contributed by atoms with Crippen LogP contribution >= 0.6 is 27.5 Å². The number of benzene rings is 1. The van der Waals surface area contributed by atoms with E-state index in [2.05, 4.69) is 15.9 Å². The molecular weight excluding hydrogens is 289 g/mol. The third kappa shape index (κ3) is 2.41. The Morgan fingerprint density at radius 1 is 1.44 bits per heavy atom. The van der Waals surface area contributed by atoms with Gasteiger partial charge in [0.25, 0.3) is 5.91 Å². The molecule has 2 rings (SSSR count). The standard InChI is InChI=1S/C12H13BrClNO/c13-10-5-3-9(4-6-10)12(16)15-7-1-2-11(15)8-14/h3-6,11H,1-2,7-8H2/t11-/m0/s1. The monoisotopic (exact) mass is 301 g/mol. The maximum Gasteiger partial charge on any atom is 0.254 e. The van der Waals surface area contributed by atoms with Crippen LogP contribution in [0.1, 0.15) is 23.2 Å². The first-order chi connectivity index (χ1) is 7.72. The van der Waals surface area contributed by atoms with E-state index in [9.17, 15) is 4.79 Å². The van der Waals surface area contributed by atoms with Crippen molar-refractivity contribution >= 4 is 33.4 Å². The molecule has 1 fully saturated rings. The van der Waals surface area contributed by atoms with Crippen molar-refractivity contribution in [3.05, 3.63) is 34.3 Å². The van der Waals surface area contributed by atoms with Gasteiger partial charge in [-0.3, -0.25) is 4.79 Å². The summed E-state index contributed by atoms with van der Waals surface area (Å²) in [6.07, 6.45) is 2.07. The number of hydrogen-bond acceptors (Lipinski definition) is 1. The van der Waals surface area contributed by atoms with E-state index in [1.54, 1.807) is 0 Å². The Labute approximate surface area is 109 Å². The number of rotatable bonds is 2. The Kier molecular flexibility index (Phi) is 3.87. The molecule has 86 valence electrons. The molecule has 4 heteroatoms. The van der Waals surface area contributed by atoms with E-state index in [4.69, 9.17) is 11.6 Å². The Bertz CT molecular complexity index is 379. The molecule has 0 N–H and O–H groups in total. The number of likely N-dealkylation sites (tertiary alicyclic amines) is 1. The number of carbonyl (C=O) groups is 1. The molecule has 0 saturated carbocycles. The second kappa shape index (κ2) is 5.19. The summed E-state index contributed by atoms with van der Waals surface area (Å²) >= 11 is 9.22. The van der Waals surface area contributed by atoms with Gasteiger partial charge in [0, 0.05) is 28.5 Å². The van der Waals surface area contributed by atoms with E-state index in [1.807, 2.05) is 29.2 Å². The van der Waals surface area contributed by atoms with E-state index in [0.717, 1.165) is 29.4 Å². The van der Waals surface area contributed by atoms with Crippen LogP contribution in [0, 0.1) is 0 Å². The number of amides is 1. The molecule has 0 bridgehead atoms. The third-order valence-electron chi connectivity index (χ3n) is 2.91. The fraction of sp³-hybridized carbons (Fsp3) is 0.417. The van der Waals surface area contributed by atoms with Crippen LogP contribution in [0.25, 0.3) is 0 Å². The Morgan fingerprint density at radius 2 is 2.12 bits per heavy atom. The topological polar surface area (TPSA) is 20.3 Å². The van der Waals surface area contributed by atoms with E-state index >= 15 is 0 Å². The zero-order chi connectivity index (χ0) is 11.5.